The maximum atomic E-state index is 12.0. The first-order valence-electron chi connectivity index (χ1n) is 5.90. The first kappa shape index (κ1) is 14.9. The van der Waals surface area contributed by atoms with Gasteiger partial charge in [-0.2, -0.15) is 0 Å². The van der Waals surface area contributed by atoms with E-state index in [0.29, 0.717) is 17.8 Å². The number of carbonyl (C=O) groups excluding carboxylic acids is 2. The van der Waals surface area contributed by atoms with Crippen LogP contribution in [-0.4, -0.2) is 18.4 Å². The molecule has 2 amide bonds. The second kappa shape index (κ2) is 7.35. The number of amides is 2. The number of hydrogen-bond acceptors (Lipinski definition) is 2. The van der Waals surface area contributed by atoms with E-state index in [0.717, 1.165) is 16.4 Å². The Kier molecular flexibility index (Phi) is 6.11. The van der Waals surface area contributed by atoms with E-state index in [1.165, 1.54) is 6.92 Å². The Bertz CT molecular complexity index is 447. The minimum Gasteiger partial charge on any atom is -0.352 e. The molecule has 0 radical (unpaired) electrons. The molecule has 0 aliphatic rings. The highest BCUT2D eigenvalue weighted by Gasteiger charge is 2.12. The molecule has 2 N–H and O–H groups in total. The highest BCUT2D eigenvalue weighted by Crippen LogP contribution is 2.19. The van der Waals surface area contributed by atoms with Crippen LogP contribution in [0.5, 0.6) is 0 Å². The van der Waals surface area contributed by atoms with E-state index in [1.54, 1.807) is 12.1 Å². The highest BCUT2D eigenvalue weighted by atomic mass is 127. The molecule has 0 fully saturated rings. The van der Waals surface area contributed by atoms with Gasteiger partial charge in [0.25, 0.3) is 5.91 Å². The molecule has 0 aliphatic heterocycles. The zero-order chi connectivity index (χ0) is 13.5. The highest BCUT2D eigenvalue weighted by molar-refractivity contribution is 14.1. The number of halogens is 1. The second-order valence-electron chi connectivity index (χ2n) is 3.98. The Morgan fingerprint density at radius 2 is 2.06 bits per heavy atom. The van der Waals surface area contributed by atoms with Gasteiger partial charge in [0, 0.05) is 17.0 Å². The summed E-state index contributed by atoms with van der Waals surface area (Å²) < 4.78 is 0.961. The monoisotopic (exact) mass is 360 g/mol. The van der Waals surface area contributed by atoms with E-state index in [4.69, 9.17) is 0 Å². The molecule has 0 saturated heterocycles. The minimum absolute atomic E-state index is 0.147. The van der Waals surface area contributed by atoms with Crippen LogP contribution in [0.2, 0.25) is 0 Å². The molecule has 1 aromatic rings. The molecule has 1 rings (SSSR count). The fourth-order valence-electron chi connectivity index (χ4n) is 1.48. The van der Waals surface area contributed by atoms with E-state index < -0.39 is 0 Å². The summed E-state index contributed by atoms with van der Waals surface area (Å²) in [5.41, 5.74) is 1.06. The van der Waals surface area contributed by atoms with Crippen molar-refractivity contribution in [3.8, 4) is 0 Å². The van der Waals surface area contributed by atoms with Crippen LogP contribution in [0, 0.1) is 3.57 Å². The number of unbranched alkanes of at least 4 members (excludes halogenated alkanes) is 1. The van der Waals surface area contributed by atoms with Crippen LogP contribution in [0.4, 0.5) is 5.69 Å². The van der Waals surface area contributed by atoms with Crippen molar-refractivity contribution in [2.24, 2.45) is 0 Å². The maximum absolute atomic E-state index is 12.0. The van der Waals surface area contributed by atoms with Crippen molar-refractivity contribution in [3.05, 3.63) is 27.3 Å². The van der Waals surface area contributed by atoms with E-state index in [1.807, 2.05) is 6.07 Å². The van der Waals surface area contributed by atoms with Crippen LogP contribution in [0.3, 0.4) is 0 Å². The van der Waals surface area contributed by atoms with Crippen LogP contribution in [-0.2, 0) is 4.79 Å². The molecule has 0 spiro atoms. The smallest absolute Gasteiger partial charge is 0.253 e. The van der Waals surface area contributed by atoms with Gasteiger partial charge in [-0.25, -0.2) is 0 Å². The fourth-order valence-corrected chi connectivity index (χ4v) is 1.97. The molecular weight excluding hydrogens is 343 g/mol. The Morgan fingerprint density at radius 1 is 1.33 bits per heavy atom. The van der Waals surface area contributed by atoms with Gasteiger partial charge in [0.15, 0.2) is 0 Å². The number of anilines is 1. The first-order valence-corrected chi connectivity index (χ1v) is 6.97. The topological polar surface area (TPSA) is 58.2 Å². The lowest BCUT2D eigenvalue weighted by Crippen LogP contribution is -2.26. The summed E-state index contributed by atoms with van der Waals surface area (Å²) in [6, 6.07) is 5.37. The molecule has 0 bridgehead atoms. The molecule has 5 heteroatoms. The van der Waals surface area contributed by atoms with Crippen molar-refractivity contribution in [2.45, 2.75) is 26.7 Å². The Morgan fingerprint density at radius 3 is 2.67 bits per heavy atom. The Hall–Kier alpha value is -1.11. The van der Waals surface area contributed by atoms with Gasteiger partial charge in [0.05, 0.1) is 11.3 Å². The molecule has 0 saturated carbocycles. The van der Waals surface area contributed by atoms with E-state index >= 15 is 0 Å². The van der Waals surface area contributed by atoms with Gasteiger partial charge in [0.1, 0.15) is 0 Å². The van der Waals surface area contributed by atoms with Crippen LogP contribution in [0.25, 0.3) is 0 Å². The van der Waals surface area contributed by atoms with Crippen molar-refractivity contribution in [2.75, 3.05) is 11.9 Å². The van der Waals surface area contributed by atoms with Gasteiger partial charge in [-0.1, -0.05) is 13.3 Å². The zero-order valence-corrected chi connectivity index (χ0v) is 12.7. The van der Waals surface area contributed by atoms with E-state index in [2.05, 4.69) is 40.1 Å². The molecular formula is C13H17IN2O2. The quantitative estimate of drug-likeness (QED) is 0.627. The molecule has 0 aromatic heterocycles. The van der Waals surface area contributed by atoms with Gasteiger partial charge >= 0.3 is 0 Å². The SMILES string of the molecule is CCCCNC(=O)c1cc(I)ccc1NC(C)=O. The lowest BCUT2D eigenvalue weighted by atomic mass is 10.1. The first-order chi connectivity index (χ1) is 8.54. The summed E-state index contributed by atoms with van der Waals surface area (Å²) in [6.45, 7) is 4.15. The predicted molar refractivity (Wildman–Crippen MR) is 80.7 cm³/mol. The number of rotatable bonds is 5. The van der Waals surface area contributed by atoms with Crippen LogP contribution >= 0.6 is 22.6 Å². The summed E-state index contributed by atoms with van der Waals surface area (Å²) in [5.74, 6) is -0.329. The molecule has 0 aliphatic carbocycles. The summed E-state index contributed by atoms with van der Waals surface area (Å²) in [7, 11) is 0. The number of hydrogen-bond donors (Lipinski definition) is 2. The Balaban J connectivity index is 2.86. The van der Waals surface area contributed by atoms with E-state index in [-0.39, 0.29) is 11.8 Å². The lowest BCUT2D eigenvalue weighted by Gasteiger charge is -2.10. The average molecular weight is 360 g/mol. The molecule has 4 nitrogen and oxygen atoms in total. The van der Waals surface area contributed by atoms with Crippen molar-refractivity contribution in [1.82, 2.24) is 5.32 Å². The third-order valence-electron chi connectivity index (χ3n) is 2.35. The second-order valence-corrected chi connectivity index (χ2v) is 5.23. The van der Waals surface area contributed by atoms with Gasteiger partial charge in [-0.15, -0.1) is 0 Å². The molecule has 1 aromatic carbocycles. The molecule has 0 heterocycles. The van der Waals surface area contributed by atoms with Crippen LogP contribution < -0.4 is 10.6 Å². The lowest BCUT2D eigenvalue weighted by molar-refractivity contribution is -0.114. The third kappa shape index (κ3) is 4.64. The predicted octanol–water partition coefficient (Wildman–Crippen LogP) is 2.78. The van der Waals surface area contributed by atoms with Gasteiger partial charge < -0.3 is 10.6 Å². The standard InChI is InChI=1S/C13H17IN2O2/c1-3-4-7-15-13(18)11-8-10(14)5-6-12(11)16-9(2)17/h5-6,8H,3-4,7H2,1-2H3,(H,15,18)(H,16,17). The maximum Gasteiger partial charge on any atom is 0.253 e. The van der Waals surface area contributed by atoms with Gasteiger partial charge in [-0.05, 0) is 47.2 Å². The summed E-state index contributed by atoms with van der Waals surface area (Å²) in [4.78, 5) is 23.1. The van der Waals surface area contributed by atoms with Gasteiger partial charge in [-0.3, -0.25) is 9.59 Å². The summed E-state index contributed by atoms with van der Waals surface area (Å²) in [5, 5.41) is 5.52. The molecule has 0 atom stereocenters. The van der Waals surface area contributed by atoms with Gasteiger partial charge in [0.2, 0.25) is 5.91 Å². The minimum atomic E-state index is -0.182. The largest absolute Gasteiger partial charge is 0.352 e. The van der Waals surface area contributed by atoms with Crippen molar-refractivity contribution < 1.29 is 9.59 Å². The zero-order valence-electron chi connectivity index (χ0n) is 10.5. The normalized spacial score (nSPS) is 9.94. The third-order valence-corrected chi connectivity index (χ3v) is 3.02. The van der Waals surface area contributed by atoms with Crippen LogP contribution in [0.15, 0.2) is 18.2 Å². The summed E-state index contributed by atoms with van der Waals surface area (Å²) >= 11 is 2.14. The van der Waals surface area contributed by atoms with Crippen molar-refractivity contribution >= 4 is 40.1 Å². The van der Waals surface area contributed by atoms with Crippen molar-refractivity contribution in [1.29, 1.82) is 0 Å². The van der Waals surface area contributed by atoms with E-state index in [9.17, 15) is 9.59 Å². The average Bonchev–Trinajstić information content (AvgIpc) is 2.31. The number of benzene rings is 1. The summed E-state index contributed by atoms with van der Waals surface area (Å²) in [6.07, 6.45) is 1.98. The molecule has 0 unspecified atom stereocenters. The fraction of sp³-hybridized carbons (Fsp3) is 0.385. The number of nitrogens with one attached hydrogen (secondary N) is 2. The molecule has 18 heavy (non-hydrogen) atoms. The van der Waals surface area contributed by atoms with Crippen LogP contribution in [0.1, 0.15) is 37.0 Å². The number of carbonyl (C=O) groups is 2. The Labute approximate surface area is 121 Å². The molecule has 98 valence electrons. The van der Waals surface area contributed by atoms with Crippen molar-refractivity contribution in [3.63, 3.8) is 0 Å².